The van der Waals surface area contributed by atoms with Crippen molar-refractivity contribution < 1.29 is 29.9 Å². The molecule has 0 radical (unpaired) electrons. The van der Waals surface area contributed by atoms with Gasteiger partial charge in [-0.05, 0) is 18.6 Å². The molecule has 0 bridgehead atoms. The number of aromatic hydroxyl groups is 5. The van der Waals surface area contributed by atoms with E-state index in [1.807, 2.05) is 0 Å². The first-order valence-corrected chi connectivity index (χ1v) is 6.55. The lowest BCUT2D eigenvalue weighted by molar-refractivity contribution is 0.369. The first kappa shape index (κ1) is 14.6. The molecule has 1 aromatic heterocycles. The summed E-state index contributed by atoms with van der Waals surface area (Å²) in [6.45, 7) is 1.67. The Morgan fingerprint density at radius 1 is 0.870 bits per heavy atom. The number of phenols is 4. The van der Waals surface area contributed by atoms with E-state index in [4.69, 9.17) is 4.42 Å². The van der Waals surface area contributed by atoms with Crippen molar-refractivity contribution in [2.24, 2.45) is 0 Å². The second kappa shape index (κ2) is 4.84. The Bertz CT molecular complexity index is 1000. The molecule has 0 saturated carbocycles. The molecule has 0 fully saturated rings. The van der Waals surface area contributed by atoms with E-state index in [1.54, 1.807) is 13.0 Å². The number of hydrogen-bond donors (Lipinski definition) is 5. The van der Waals surface area contributed by atoms with Crippen LogP contribution in [0.4, 0.5) is 0 Å². The van der Waals surface area contributed by atoms with Crippen molar-refractivity contribution in [1.82, 2.24) is 0 Å². The highest BCUT2D eigenvalue weighted by Gasteiger charge is 2.22. The Balaban J connectivity index is 2.40. The Morgan fingerprint density at radius 3 is 2.22 bits per heavy atom. The van der Waals surface area contributed by atoms with Crippen molar-refractivity contribution >= 4 is 11.0 Å². The Morgan fingerprint density at radius 2 is 1.57 bits per heavy atom. The molecule has 3 rings (SSSR count). The second-order valence-corrected chi connectivity index (χ2v) is 5.08. The van der Waals surface area contributed by atoms with Crippen LogP contribution in [0.25, 0.3) is 22.3 Å². The fourth-order valence-corrected chi connectivity index (χ4v) is 2.25. The van der Waals surface area contributed by atoms with Crippen LogP contribution < -0.4 is 5.43 Å². The summed E-state index contributed by atoms with van der Waals surface area (Å²) in [6, 6.07) is 5.35. The van der Waals surface area contributed by atoms with Crippen molar-refractivity contribution in [2.75, 3.05) is 0 Å². The van der Waals surface area contributed by atoms with E-state index < -0.39 is 33.8 Å². The summed E-state index contributed by atoms with van der Waals surface area (Å²) < 4.78 is 5.38. The fraction of sp³-hybridized carbons (Fsp3) is 0.0625. The quantitative estimate of drug-likeness (QED) is 0.435. The SMILES string of the molecule is Cc1ccc(-c2oc3cc(O)c(O)c(O)c3c(=O)c2O)cc1O. The van der Waals surface area contributed by atoms with E-state index in [9.17, 15) is 30.3 Å². The molecule has 0 aliphatic carbocycles. The smallest absolute Gasteiger partial charge is 0.238 e. The minimum Gasteiger partial charge on any atom is -0.508 e. The van der Waals surface area contributed by atoms with Gasteiger partial charge in [-0.25, -0.2) is 0 Å². The highest BCUT2D eigenvalue weighted by molar-refractivity contribution is 5.91. The number of rotatable bonds is 1. The average molecular weight is 316 g/mol. The van der Waals surface area contributed by atoms with Gasteiger partial charge in [0.25, 0.3) is 0 Å². The third-order valence-corrected chi connectivity index (χ3v) is 3.56. The zero-order chi connectivity index (χ0) is 16.9. The van der Waals surface area contributed by atoms with Gasteiger partial charge in [0, 0.05) is 11.6 Å². The largest absolute Gasteiger partial charge is 0.508 e. The molecular formula is C16H12O7. The van der Waals surface area contributed by atoms with Gasteiger partial charge in [0.15, 0.2) is 17.3 Å². The van der Waals surface area contributed by atoms with Gasteiger partial charge < -0.3 is 29.9 Å². The van der Waals surface area contributed by atoms with Gasteiger partial charge in [0.05, 0.1) is 0 Å². The van der Waals surface area contributed by atoms with Crippen LogP contribution >= 0.6 is 0 Å². The molecule has 118 valence electrons. The lowest BCUT2D eigenvalue weighted by atomic mass is 10.1. The van der Waals surface area contributed by atoms with Crippen LogP contribution in [0.15, 0.2) is 33.5 Å². The zero-order valence-corrected chi connectivity index (χ0v) is 11.9. The maximum Gasteiger partial charge on any atom is 0.238 e. The molecule has 0 spiro atoms. The normalized spacial score (nSPS) is 11.0. The summed E-state index contributed by atoms with van der Waals surface area (Å²) >= 11 is 0. The van der Waals surface area contributed by atoms with Crippen molar-refractivity contribution in [1.29, 1.82) is 0 Å². The van der Waals surface area contributed by atoms with Crippen LogP contribution in [0.2, 0.25) is 0 Å². The summed E-state index contributed by atoms with van der Waals surface area (Å²) in [6.07, 6.45) is 0. The predicted octanol–water partition coefficient (Wildman–Crippen LogP) is 2.30. The van der Waals surface area contributed by atoms with Gasteiger partial charge >= 0.3 is 0 Å². The van der Waals surface area contributed by atoms with Crippen LogP contribution in [-0.2, 0) is 0 Å². The molecule has 5 N–H and O–H groups in total. The van der Waals surface area contributed by atoms with E-state index in [1.165, 1.54) is 12.1 Å². The Hall–Kier alpha value is -3.35. The monoisotopic (exact) mass is 316 g/mol. The van der Waals surface area contributed by atoms with Gasteiger partial charge in [-0.1, -0.05) is 12.1 Å². The van der Waals surface area contributed by atoms with E-state index in [-0.39, 0.29) is 22.7 Å². The molecule has 0 unspecified atom stereocenters. The molecular weight excluding hydrogens is 304 g/mol. The summed E-state index contributed by atoms with van der Waals surface area (Å²) in [4.78, 5) is 12.2. The molecule has 23 heavy (non-hydrogen) atoms. The average Bonchev–Trinajstić information content (AvgIpc) is 2.51. The highest BCUT2D eigenvalue weighted by atomic mass is 16.4. The summed E-state index contributed by atoms with van der Waals surface area (Å²) in [7, 11) is 0. The Kier molecular flexibility index (Phi) is 3.07. The van der Waals surface area contributed by atoms with Gasteiger partial charge in [-0.15, -0.1) is 0 Å². The molecule has 7 nitrogen and oxygen atoms in total. The van der Waals surface area contributed by atoms with Gasteiger partial charge in [-0.3, -0.25) is 4.79 Å². The molecule has 7 heteroatoms. The molecule has 1 heterocycles. The molecule has 0 amide bonds. The molecule has 0 saturated heterocycles. The van der Waals surface area contributed by atoms with E-state index in [0.29, 0.717) is 5.56 Å². The van der Waals surface area contributed by atoms with E-state index in [2.05, 4.69) is 0 Å². The summed E-state index contributed by atoms with van der Waals surface area (Å²) in [5.74, 6) is -3.53. The number of hydrogen-bond acceptors (Lipinski definition) is 7. The van der Waals surface area contributed by atoms with Crippen LogP contribution in [-0.4, -0.2) is 25.5 Å². The van der Waals surface area contributed by atoms with Crippen LogP contribution in [0.3, 0.4) is 0 Å². The summed E-state index contributed by atoms with van der Waals surface area (Å²) in [5.41, 5.74) is -0.377. The minimum absolute atomic E-state index is 0.0546. The standard InChI is InChI=1S/C16H12O7/c1-6-2-3-7(4-8(6)17)16-15(22)14(21)11-10(23-16)5-9(18)12(19)13(11)20/h2-5,17-20,22H,1H3. The van der Waals surface area contributed by atoms with E-state index in [0.717, 1.165) is 6.07 Å². The maximum absolute atomic E-state index is 12.2. The Labute approximate surface area is 128 Å². The third kappa shape index (κ3) is 2.10. The molecule has 0 aliphatic heterocycles. The van der Waals surface area contributed by atoms with E-state index >= 15 is 0 Å². The molecule has 0 aliphatic rings. The molecule has 0 atom stereocenters. The van der Waals surface area contributed by atoms with Crippen LogP contribution in [0, 0.1) is 6.92 Å². The lowest BCUT2D eigenvalue weighted by Crippen LogP contribution is -2.03. The molecule has 3 aromatic rings. The van der Waals surface area contributed by atoms with Gasteiger partial charge in [0.2, 0.25) is 16.9 Å². The lowest BCUT2D eigenvalue weighted by Gasteiger charge is -2.09. The topological polar surface area (TPSA) is 131 Å². The van der Waals surface area contributed by atoms with Crippen molar-refractivity contribution in [3.05, 3.63) is 40.1 Å². The van der Waals surface area contributed by atoms with Crippen molar-refractivity contribution in [2.45, 2.75) is 6.92 Å². The predicted molar refractivity (Wildman–Crippen MR) is 81.0 cm³/mol. The van der Waals surface area contributed by atoms with Crippen molar-refractivity contribution in [3.8, 4) is 40.1 Å². The van der Waals surface area contributed by atoms with Crippen molar-refractivity contribution in [3.63, 3.8) is 0 Å². The number of fused-ring (bicyclic) bond motifs is 1. The van der Waals surface area contributed by atoms with Gasteiger partial charge in [0.1, 0.15) is 16.7 Å². The molecule has 2 aromatic carbocycles. The first-order valence-electron chi connectivity index (χ1n) is 6.55. The number of aryl methyl sites for hydroxylation is 1. The number of phenolic OH excluding ortho intramolecular Hbond substituents is 4. The first-order chi connectivity index (χ1) is 10.8. The van der Waals surface area contributed by atoms with Crippen LogP contribution in [0.1, 0.15) is 5.56 Å². The highest BCUT2D eigenvalue weighted by Crippen LogP contribution is 2.42. The fourth-order valence-electron chi connectivity index (χ4n) is 2.25. The summed E-state index contributed by atoms with van der Waals surface area (Å²) in [5, 5.41) is 48.1. The van der Waals surface area contributed by atoms with Gasteiger partial charge in [-0.2, -0.15) is 0 Å². The number of benzene rings is 2. The second-order valence-electron chi connectivity index (χ2n) is 5.08. The minimum atomic E-state index is -0.978. The zero-order valence-electron chi connectivity index (χ0n) is 11.9. The third-order valence-electron chi connectivity index (χ3n) is 3.56. The maximum atomic E-state index is 12.2. The van der Waals surface area contributed by atoms with Crippen LogP contribution in [0.5, 0.6) is 28.7 Å².